The summed E-state index contributed by atoms with van der Waals surface area (Å²) in [6.45, 7) is 16.9. The van der Waals surface area contributed by atoms with Crippen LogP contribution in [0.15, 0.2) is 11.6 Å². The van der Waals surface area contributed by atoms with Crippen LogP contribution in [0.3, 0.4) is 0 Å². The van der Waals surface area contributed by atoms with Gasteiger partial charge in [0.05, 0.1) is 11.5 Å². The van der Waals surface area contributed by atoms with E-state index in [1.807, 2.05) is 0 Å². The van der Waals surface area contributed by atoms with E-state index in [1.165, 1.54) is 18.4 Å². The number of allylic oxidation sites excluding steroid dienone is 2. The second-order valence-electron chi connectivity index (χ2n) is 15.1. The molecular formula is C30H48O3. The van der Waals surface area contributed by atoms with E-state index in [0.717, 1.165) is 51.4 Å². The van der Waals surface area contributed by atoms with Crippen molar-refractivity contribution in [3.05, 3.63) is 11.6 Å². The highest BCUT2D eigenvalue weighted by Gasteiger charge is 2.69. The van der Waals surface area contributed by atoms with Gasteiger partial charge in [0, 0.05) is 0 Å². The molecule has 0 aromatic heterocycles. The number of carbonyl (C=O) groups is 1. The Hall–Kier alpha value is -0.830. The van der Waals surface area contributed by atoms with Gasteiger partial charge in [-0.1, -0.05) is 60.1 Å². The van der Waals surface area contributed by atoms with Gasteiger partial charge in [-0.05, 0) is 109 Å². The lowest BCUT2D eigenvalue weighted by atomic mass is 9.33. The van der Waals surface area contributed by atoms with Crippen molar-refractivity contribution in [1.82, 2.24) is 0 Å². The lowest BCUT2D eigenvalue weighted by Crippen LogP contribution is -2.65. The van der Waals surface area contributed by atoms with Crippen molar-refractivity contribution in [2.45, 2.75) is 119 Å². The first-order valence-electron chi connectivity index (χ1n) is 13.8. The van der Waals surface area contributed by atoms with Crippen LogP contribution in [-0.2, 0) is 4.79 Å². The summed E-state index contributed by atoms with van der Waals surface area (Å²) < 4.78 is 0. The maximum Gasteiger partial charge on any atom is 0.310 e. The van der Waals surface area contributed by atoms with Gasteiger partial charge in [-0.3, -0.25) is 4.79 Å². The van der Waals surface area contributed by atoms with Crippen LogP contribution < -0.4 is 0 Å². The van der Waals surface area contributed by atoms with Gasteiger partial charge in [-0.2, -0.15) is 0 Å². The minimum absolute atomic E-state index is 0.0301. The van der Waals surface area contributed by atoms with Crippen LogP contribution in [0.25, 0.3) is 0 Å². The van der Waals surface area contributed by atoms with Crippen LogP contribution >= 0.6 is 0 Å². The summed E-state index contributed by atoms with van der Waals surface area (Å²) in [5.74, 6) is 0.807. The summed E-state index contributed by atoms with van der Waals surface area (Å²) in [5.41, 5.74) is 1.68. The molecule has 5 aliphatic rings. The molecule has 5 aliphatic carbocycles. The minimum atomic E-state index is -0.553. The third-order valence-electron chi connectivity index (χ3n) is 13.0. The number of hydrogen-bond acceptors (Lipinski definition) is 2. The average Bonchev–Trinajstić information content (AvgIpc) is 2.71. The maximum atomic E-state index is 12.8. The lowest BCUT2D eigenvalue weighted by Gasteiger charge is -2.71. The summed E-state index contributed by atoms with van der Waals surface area (Å²) in [6, 6.07) is 0. The number of aliphatic hydroxyl groups is 1. The van der Waals surface area contributed by atoms with Crippen LogP contribution in [0.4, 0.5) is 0 Å². The summed E-state index contributed by atoms with van der Waals surface area (Å²) >= 11 is 0. The normalized spacial score (nSPS) is 52.4. The summed E-state index contributed by atoms with van der Waals surface area (Å²) in [4.78, 5) is 12.8. The molecule has 3 heteroatoms. The molecule has 186 valence electrons. The lowest BCUT2D eigenvalue weighted by molar-refractivity contribution is -0.205. The topological polar surface area (TPSA) is 57.5 Å². The van der Waals surface area contributed by atoms with Gasteiger partial charge in [0.25, 0.3) is 0 Å². The first-order chi connectivity index (χ1) is 15.1. The summed E-state index contributed by atoms with van der Waals surface area (Å²) in [7, 11) is 0. The average molecular weight is 457 g/mol. The summed E-state index contributed by atoms with van der Waals surface area (Å²) in [6.07, 6.45) is 12.6. The number of carboxylic acids is 1. The third-order valence-corrected chi connectivity index (χ3v) is 13.0. The third kappa shape index (κ3) is 2.87. The number of hydrogen-bond donors (Lipinski definition) is 2. The predicted molar refractivity (Wildman–Crippen MR) is 133 cm³/mol. The Morgan fingerprint density at radius 2 is 1.55 bits per heavy atom. The Balaban J connectivity index is 1.60. The molecule has 5 rings (SSSR count). The Bertz CT molecular complexity index is 885. The smallest absolute Gasteiger partial charge is 0.310 e. The fourth-order valence-electron chi connectivity index (χ4n) is 10.6. The molecule has 4 unspecified atom stereocenters. The molecule has 0 aromatic rings. The molecule has 3 nitrogen and oxygen atoms in total. The van der Waals surface area contributed by atoms with Gasteiger partial charge >= 0.3 is 5.97 Å². The zero-order valence-electron chi connectivity index (χ0n) is 22.3. The van der Waals surface area contributed by atoms with Gasteiger partial charge in [0.15, 0.2) is 0 Å². The molecular weight excluding hydrogens is 408 g/mol. The van der Waals surface area contributed by atoms with Crippen molar-refractivity contribution in [3.63, 3.8) is 0 Å². The van der Waals surface area contributed by atoms with Crippen LogP contribution in [0.1, 0.15) is 113 Å². The first kappa shape index (κ1) is 23.9. The van der Waals surface area contributed by atoms with Crippen molar-refractivity contribution in [2.75, 3.05) is 0 Å². The SMILES string of the molecule is CC1(C)CC[C@]2(C(=O)O)CC[C@@]3(C)C(=CCC4[C@@]5(C)CCC(O)C(C)(C)C5CC[C@@]43C)C2C1. The van der Waals surface area contributed by atoms with E-state index in [-0.39, 0.29) is 39.1 Å². The van der Waals surface area contributed by atoms with Gasteiger partial charge in [0.1, 0.15) is 0 Å². The number of aliphatic carboxylic acids is 1. The minimum Gasteiger partial charge on any atom is -0.481 e. The van der Waals surface area contributed by atoms with E-state index in [0.29, 0.717) is 11.8 Å². The molecule has 0 aliphatic heterocycles. The standard InChI is InChI=1S/C30H48O3/c1-25(2)14-16-30(24(32)33)17-15-28(6)19(20(30)18-25)8-9-22-27(5)12-11-23(31)26(3,4)21(27)10-13-29(22,28)7/h8,20-23,31H,9-18H2,1-7H3,(H,32,33)/t20?,21?,22?,23?,27-,28-,29-,30-/m0/s1. The highest BCUT2D eigenvalue weighted by molar-refractivity contribution is 5.76. The van der Waals surface area contributed by atoms with E-state index in [2.05, 4.69) is 54.5 Å². The number of rotatable bonds is 1. The van der Waals surface area contributed by atoms with Crippen molar-refractivity contribution >= 4 is 5.97 Å². The number of fused-ring (bicyclic) bond motifs is 7. The molecule has 0 aromatic carbocycles. The monoisotopic (exact) mass is 456 g/mol. The van der Waals surface area contributed by atoms with Gasteiger partial charge in [0.2, 0.25) is 0 Å². The molecule has 2 N–H and O–H groups in total. The highest BCUT2D eigenvalue weighted by atomic mass is 16.4. The largest absolute Gasteiger partial charge is 0.481 e. The maximum absolute atomic E-state index is 12.8. The number of carboxylic acid groups (broad SMARTS) is 1. The van der Waals surface area contributed by atoms with Gasteiger partial charge < -0.3 is 10.2 Å². The molecule has 0 saturated heterocycles. The summed E-state index contributed by atoms with van der Waals surface area (Å²) in [5, 5.41) is 21.4. The fraction of sp³-hybridized carbons (Fsp3) is 0.900. The molecule has 8 atom stereocenters. The molecule has 0 amide bonds. The molecule has 0 spiro atoms. The zero-order chi connectivity index (χ0) is 24.2. The molecule has 0 bridgehead atoms. The zero-order valence-corrected chi connectivity index (χ0v) is 22.3. The van der Waals surface area contributed by atoms with E-state index in [1.54, 1.807) is 0 Å². The van der Waals surface area contributed by atoms with E-state index in [4.69, 9.17) is 0 Å². The highest BCUT2D eigenvalue weighted by Crippen LogP contribution is 2.75. The fourth-order valence-corrected chi connectivity index (χ4v) is 10.6. The molecule has 4 fully saturated rings. The van der Waals surface area contributed by atoms with Crippen molar-refractivity contribution < 1.29 is 15.0 Å². The molecule has 4 saturated carbocycles. The predicted octanol–water partition coefficient (Wildman–Crippen LogP) is 7.23. The second kappa shape index (κ2) is 6.89. The second-order valence-corrected chi connectivity index (χ2v) is 15.1. The van der Waals surface area contributed by atoms with Crippen molar-refractivity contribution in [2.24, 2.45) is 50.2 Å². The van der Waals surface area contributed by atoms with Crippen LogP contribution in [0.5, 0.6) is 0 Å². The molecule has 0 heterocycles. The van der Waals surface area contributed by atoms with Crippen LogP contribution in [0, 0.1) is 50.2 Å². The van der Waals surface area contributed by atoms with Gasteiger partial charge in [-0.15, -0.1) is 0 Å². The molecule has 33 heavy (non-hydrogen) atoms. The number of aliphatic hydroxyl groups excluding tert-OH is 1. The Labute approximate surface area is 201 Å². The van der Waals surface area contributed by atoms with Crippen LogP contribution in [0.2, 0.25) is 0 Å². The van der Waals surface area contributed by atoms with E-state index in [9.17, 15) is 15.0 Å². The van der Waals surface area contributed by atoms with Crippen molar-refractivity contribution in [1.29, 1.82) is 0 Å². The Morgan fingerprint density at radius 3 is 2.21 bits per heavy atom. The molecule has 0 radical (unpaired) electrons. The van der Waals surface area contributed by atoms with E-state index < -0.39 is 11.4 Å². The van der Waals surface area contributed by atoms with E-state index >= 15 is 0 Å². The first-order valence-corrected chi connectivity index (χ1v) is 13.8. The van der Waals surface area contributed by atoms with Crippen molar-refractivity contribution in [3.8, 4) is 0 Å². The van der Waals surface area contributed by atoms with Crippen LogP contribution in [-0.4, -0.2) is 22.3 Å². The quantitative estimate of drug-likeness (QED) is 0.409. The Kier molecular flexibility index (Phi) is 4.99. The van der Waals surface area contributed by atoms with Gasteiger partial charge in [-0.25, -0.2) is 0 Å². The Morgan fingerprint density at radius 1 is 0.879 bits per heavy atom.